The third-order valence-electron chi connectivity index (χ3n) is 3.53. The van der Waals surface area contributed by atoms with E-state index in [0.29, 0.717) is 6.54 Å². The van der Waals surface area contributed by atoms with Crippen molar-refractivity contribution in [3.63, 3.8) is 0 Å². The Balaban J connectivity index is 2.75. The van der Waals surface area contributed by atoms with Crippen LogP contribution in [0, 0.1) is 10.8 Å². The van der Waals surface area contributed by atoms with Gasteiger partial charge in [-0.3, -0.25) is 4.79 Å². The largest absolute Gasteiger partial charge is 0.480 e. The number of hydrogen-bond acceptors (Lipinski definition) is 3. The molecule has 0 bridgehead atoms. The smallest absolute Gasteiger partial charge is 0.326 e. The molecule has 1 unspecified atom stereocenters. The summed E-state index contributed by atoms with van der Waals surface area (Å²) in [6.07, 6.45) is 1.74. The zero-order valence-corrected chi connectivity index (χ0v) is 11.7. The normalized spacial score (nSPS) is 26.4. The van der Waals surface area contributed by atoms with Crippen LogP contribution >= 0.6 is 0 Å². The zero-order valence-electron chi connectivity index (χ0n) is 11.7. The van der Waals surface area contributed by atoms with Gasteiger partial charge < -0.3 is 15.7 Å². The average Bonchev–Trinajstić information content (AvgIpc) is 2.24. The fourth-order valence-electron chi connectivity index (χ4n) is 2.20. The minimum absolute atomic E-state index is 0.169. The highest BCUT2D eigenvalue weighted by Gasteiger charge is 2.39. The molecule has 0 spiro atoms. The molecule has 2 atom stereocenters. The number of amides is 1. The summed E-state index contributed by atoms with van der Waals surface area (Å²) >= 11 is 0. The first kappa shape index (κ1) is 15.0. The lowest BCUT2D eigenvalue weighted by molar-refractivity contribution is -0.147. The Kier molecular flexibility index (Phi) is 4.37. The summed E-state index contributed by atoms with van der Waals surface area (Å²) in [4.78, 5) is 23.5. The highest BCUT2D eigenvalue weighted by molar-refractivity contribution is 5.87. The average molecular weight is 256 g/mol. The van der Waals surface area contributed by atoms with E-state index in [1.807, 2.05) is 27.7 Å². The summed E-state index contributed by atoms with van der Waals surface area (Å²) in [5.74, 6) is -1.15. The van der Waals surface area contributed by atoms with Crippen LogP contribution in [0.25, 0.3) is 0 Å². The third-order valence-corrected chi connectivity index (χ3v) is 3.53. The van der Waals surface area contributed by atoms with Gasteiger partial charge in [-0.1, -0.05) is 20.8 Å². The van der Waals surface area contributed by atoms with E-state index < -0.39 is 22.8 Å². The van der Waals surface area contributed by atoms with Crippen molar-refractivity contribution in [2.45, 2.75) is 46.6 Å². The van der Waals surface area contributed by atoms with Gasteiger partial charge in [0.2, 0.25) is 5.91 Å². The summed E-state index contributed by atoms with van der Waals surface area (Å²) in [6.45, 7) is 8.85. The molecule has 1 amide bonds. The SMILES string of the molecule is CC1(C(=O)N[C@@H](C(=O)O)C(C)(C)C)CCCNC1. The third kappa shape index (κ3) is 3.45. The van der Waals surface area contributed by atoms with E-state index in [4.69, 9.17) is 0 Å². The molecule has 5 nitrogen and oxygen atoms in total. The van der Waals surface area contributed by atoms with Crippen molar-refractivity contribution < 1.29 is 14.7 Å². The number of hydrogen-bond donors (Lipinski definition) is 3. The van der Waals surface area contributed by atoms with Gasteiger partial charge in [0.25, 0.3) is 0 Å². The maximum Gasteiger partial charge on any atom is 0.326 e. The molecule has 1 aliphatic rings. The monoisotopic (exact) mass is 256 g/mol. The van der Waals surface area contributed by atoms with Crippen molar-refractivity contribution in [2.75, 3.05) is 13.1 Å². The molecule has 3 N–H and O–H groups in total. The highest BCUT2D eigenvalue weighted by Crippen LogP contribution is 2.27. The summed E-state index contributed by atoms with van der Waals surface area (Å²) < 4.78 is 0. The number of carboxylic acids is 1. The molecule has 1 rings (SSSR count). The molecule has 1 aliphatic heterocycles. The maximum atomic E-state index is 12.3. The quantitative estimate of drug-likeness (QED) is 0.703. The zero-order chi connectivity index (χ0) is 14.0. The number of carbonyl (C=O) groups is 2. The van der Waals surface area contributed by atoms with Crippen LogP contribution in [0.4, 0.5) is 0 Å². The van der Waals surface area contributed by atoms with Crippen LogP contribution in [0.2, 0.25) is 0 Å². The Morgan fingerprint density at radius 2 is 2.00 bits per heavy atom. The van der Waals surface area contributed by atoms with E-state index in [9.17, 15) is 14.7 Å². The summed E-state index contributed by atoms with van der Waals surface area (Å²) in [5, 5.41) is 15.1. The number of piperidine rings is 1. The van der Waals surface area contributed by atoms with Gasteiger partial charge in [0.05, 0.1) is 5.41 Å². The predicted octanol–water partition coefficient (Wildman–Crippen LogP) is 0.992. The number of nitrogens with one attached hydrogen (secondary N) is 2. The number of carboxylic acid groups (broad SMARTS) is 1. The lowest BCUT2D eigenvalue weighted by Gasteiger charge is -2.36. The molecule has 1 heterocycles. The Morgan fingerprint density at radius 3 is 2.39 bits per heavy atom. The molecule has 0 aromatic rings. The molecule has 1 saturated heterocycles. The van der Waals surface area contributed by atoms with E-state index in [-0.39, 0.29) is 5.91 Å². The second kappa shape index (κ2) is 5.26. The van der Waals surface area contributed by atoms with Crippen LogP contribution in [-0.4, -0.2) is 36.1 Å². The molecule has 1 fully saturated rings. The standard InChI is InChI=1S/C13H24N2O3/c1-12(2,3)9(10(16)17)15-11(18)13(4)6-5-7-14-8-13/h9,14H,5-8H2,1-4H3,(H,15,18)(H,16,17)/t9-,13?/m0/s1. The first-order valence-corrected chi connectivity index (χ1v) is 6.41. The summed E-state index contributed by atoms with van der Waals surface area (Å²) in [6, 6.07) is -0.858. The van der Waals surface area contributed by atoms with Gasteiger partial charge in [-0.2, -0.15) is 0 Å². The molecule has 5 heteroatoms. The number of aliphatic carboxylic acids is 1. The Labute approximate surface area is 108 Å². The molecule has 18 heavy (non-hydrogen) atoms. The van der Waals surface area contributed by atoms with Gasteiger partial charge in [0.15, 0.2) is 0 Å². The molecule has 0 aromatic heterocycles. The van der Waals surface area contributed by atoms with Crippen LogP contribution in [-0.2, 0) is 9.59 Å². The molecular formula is C13H24N2O3. The summed E-state index contributed by atoms with van der Waals surface area (Å²) in [5.41, 5.74) is -1.00. The molecule has 0 aromatic carbocycles. The van der Waals surface area contributed by atoms with Crippen LogP contribution in [0.15, 0.2) is 0 Å². The lowest BCUT2D eigenvalue weighted by Crippen LogP contribution is -2.56. The molecule has 104 valence electrons. The van der Waals surface area contributed by atoms with Crippen molar-refractivity contribution in [2.24, 2.45) is 10.8 Å². The fourth-order valence-corrected chi connectivity index (χ4v) is 2.20. The molecule has 0 radical (unpaired) electrons. The number of carbonyl (C=O) groups excluding carboxylic acids is 1. The lowest BCUT2D eigenvalue weighted by atomic mass is 9.80. The van der Waals surface area contributed by atoms with Crippen LogP contribution in [0.5, 0.6) is 0 Å². The van der Waals surface area contributed by atoms with E-state index in [1.165, 1.54) is 0 Å². The molecular weight excluding hydrogens is 232 g/mol. The number of rotatable bonds is 3. The summed E-state index contributed by atoms with van der Waals surface area (Å²) in [7, 11) is 0. The topological polar surface area (TPSA) is 78.4 Å². The fraction of sp³-hybridized carbons (Fsp3) is 0.846. The van der Waals surface area contributed by atoms with E-state index in [0.717, 1.165) is 19.4 Å². The van der Waals surface area contributed by atoms with Gasteiger partial charge in [-0.25, -0.2) is 4.79 Å². The van der Waals surface area contributed by atoms with Gasteiger partial charge in [-0.05, 0) is 31.7 Å². The van der Waals surface area contributed by atoms with Crippen molar-refractivity contribution in [1.29, 1.82) is 0 Å². The van der Waals surface area contributed by atoms with Gasteiger partial charge in [0, 0.05) is 6.54 Å². The van der Waals surface area contributed by atoms with Gasteiger partial charge in [0.1, 0.15) is 6.04 Å². The van der Waals surface area contributed by atoms with Crippen LogP contribution in [0.3, 0.4) is 0 Å². The Bertz CT molecular complexity index is 328. The molecule has 0 aliphatic carbocycles. The van der Waals surface area contributed by atoms with Gasteiger partial charge >= 0.3 is 5.97 Å². The van der Waals surface area contributed by atoms with E-state index in [2.05, 4.69) is 10.6 Å². The van der Waals surface area contributed by atoms with Crippen molar-refractivity contribution >= 4 is 11.9 Å². The van der Waals surface area contributed by atoms with Crippen LogP contribution in [0.1, 0.15) is 40.5 Å². The second-order valence-corrected chi connectivity index (χ2v) is 6.45. The highest BCUT2D eigenvalue weighted by atomic mass is 16.4. The molecule has 0 saturated carbocycles. The van der Waals surface area contributed by atoms with Crippen molar-refractivity contribution in [3.8, 4) is 0 Å². The van der Waals surface area contributed by atoms with Gasteiger partial charge in [-0.15, -0.1) is 0 Å². The first-order valence-electron chi connectivity index (χ1n) is 6.41. The minimum atomic E-state index is -0.983. The second-order valence-electron chi connectivity index (χ2n) is 6.45. The van der Waals surface area contributed by atoms with E-state index in [1.54, 1.807) is 0 Å². The Hall–Kier alpha value is -1.10. The Morgan fingerprint density at radius 1 is 1.39 bits per heavy atom. The van der Waals surface area contributed by atoms with Crippen molar-refractivity contribution in [1.82, 2.24) is 10.6 Å². The minimum Gasteiger partial charge on any atom is -0.480 e. The van der Waals surface area contributed by atoms with Crippen LogP contribution < -0.4 is 10.6 Å². The first-order chi connectivity index (χ1) is 8.17. The maximum absolute atomic E-state index is 12.3. The predicted molar refractivity (Wildman–Crippen MR) is 69.2 cm³/mol. The van der Waals surface area contributed by atoms with E-state index >= 15 is 0 Å². The van der Waals surface area contributed by atoms with Crippen molar-refractivity contribution in [3.05, 3.63) is 0 Å².